The first-order valence-corrected chi connectivity index (χ1v) is 8.01. The third-order valence-electron chi connectivity index (χ3n) is 3.41. The molecule has 1 N–H and O–H groups in total. The van der Waals surface area contributed by atoms with Crippen molar-refractivity contribution in [1.82, 2.24) is 9.97 Å². The number of nitro groups is 1. The number of nitrogens with zero attached hydrogens (tertiary/aromatic N) is 2. The molecule has 0 spiro atoms. The number of carbonyl (C=O) groups is 1. The molecule has 132 valence electrons. The van der Waals surface area contributed by atoms with E-state index < -0.39 is 16.6 Å². The summed E-state index contributed by atoms with van der Waals surface area (Å²) in [6.45, 7) is 3.69. The molecule has 2 aromatic rings. The molecular weight excluding hydrogens is 350 g/mol. The SMILES string of the molecule is CCCc1[nH]c(=O)nc(-c2ccc(Cl)c([N+](=O)[O-])c2)c1C(=O)OCC. The number of aromatic amines is 1. The van der Waals surface area contributed by atoms with Gasteiger partial charge in [-0.1, -0.05) is 31.0 Å². The number of nitrogens with one attached hydrogen (secondary N) is 1. The Morgan fingerprint density at radius 1 is 1.40 bits per heavy atom. The standard InChI is InChI=1S/C16H16ClN3O5/c1-3-5-11-13(15(21)25-4-2)14(19-16(22)18-11)9-6-7-10(17)12(8-9)20(23)24/h6-8H,3-5H2,1-2H3,(H,18,19,22). The highest BCUT2D eigenvalue weighted by atomic mass is 35.5. The number of hydrogen-bond donors (Lipinski definition) is 1. The Morgan fingerprint density at radius 3 is 2.72 bits per heavy atom. The van der Waals surface area contributed by atoms with Crippen molar-refractivity contribution in [3.63, 3.8) is 0 Å². The van der Waals surface area contributed by atoms with E-state index in [0.29, 0.717) is 18.5 Å². The van der Waals surface area contributed by atoms with E-state index in [4.69, 9.17) is 16.3 Å². The van der Waals surface area contributed by atoms with Gasteiger partial charge in [0.1, 0.15) is 10.6 Å². The molecule has 9 heteroatoms. The van der Waals surface area contributed by atoms with E-state index in [1.807, 2.05) is 6.92 Å². The van der Waals surface area contributed by atoms with Crippen LogP contribution in [0.5, 0.6) is 0 Å². The van der Waals surface area contributed by atoms with Gasteiger partial charge in [0, 0.05) is 17.3 Å². The molecule has 0 saturated heterocycles. The van der Waals surface area contributed by atoms with Crippen LogP contribution >= 0.6 is 11.6 Å². The van der Waals surface area contributed by atoms with Crippen LogP contribution in [-0.4, -0.2) is 27.5 Å². The third-order valence-corrected chi connectivity index (χ3v) is 3.73. The first-order valence-electron chi connectivity index (χ1n) is 7.63. The summed E-state index contributed by atoms with van der Waals surface area (Å²) in [5.74, 6) is -0.651. The average molecular weight is 366 g/mol. The monoisotopic (exact) mass is 365 g/mol. The molecule has 0 aliphatic carbocycles. The van der Waals surface area contributed by atoms with Crippen LogP contribution in [-0.2, 0) is 11.2 Å². The highest BCUT2D eigenvalue weighted by Crippen LogP contribution is 2.31. The largest absolute Gasteiger partial charge is 0.462 e. The van der Waals surface area contributed by atoms with Gasteiger partial charge < -0.3 is 9.72 Å². The summed E-state index contributed by atoms with van der Waals surface area (Å²) in [5.41, 5.74) is -0.237. The number of carbonyl (C=O) groups excluding carboxylic acids is 1. The number of esters is 1. The number of ether oxygens (including phenoxy) is 1. The summed E-state index contributed by atoms with van der Waals surface area (Å²) in [6, 6.07) is 3.98. The minimum absolute atomic E-state index is 0.0328. The van der Waals surface area contributed by atoms with Gasteiger partial charge >= 0.3 is 11.7 Å². The van der Waals surface area contributed by atoms with Crippen LogP contribution < -0.4 is 5.69 Å². The molecular formula is C16H16ClN3O5. The van der Waals surface area contributed by atoms with E-state index in [1.165, 1.54) is 18.2 Å². The van der Waals surface area contributed by atoms with Crippen LogP contribution in [0, 0.1) is 10.1 Å². The van der Waals surface area contributed by atoms with Crippen molar-refractivity contribution >= 4 is 23.3 Å². The molecule has 0 aliphatic heterocycles. The molecule has 0 amide bonds. The zero-order chi connectivity index (χ0) is 18.6. The molecule has 0 unspecified atom stereocenters. The predicted octanol–water partition coefficient (Wildman–Crippen LogP) is 3.13. The Labute approximate surface area is 148 Å². The molecule has 1 aromatic heterocycles. The van der Waals surface area contributed by atoms with Crippen LogP contribution in [0.4, 0.5) is 5.69 Å². The summed E-state index contributed by atoms with van der Waals surface area (Å²) < 4.78 is 5.06. The van der Waals surface area contributed by atoms with Crippen LogP contribution in [0.2, 0.25) is 5.02 Å². The Morgan fingerprint density at radius 2 is 2.12 bits per heavy atom. The van der Waals surface area contributed by atoms with Crippen molar-refractivity contribution in [2.75, 3.05) is 6.61 Å². The predicted molar refractivity (Wildman–Crippen MR) is 91.9 cm³/mol. The Kier molecular flexibility index (Phi) is 5.87. The van der Waals surface area contributed by atoms with Crippen LogP contribution in [0.15, 0.2) is 23.0 Å². The van der Waals surface area contributed by atoms with E-state index in [0.717, 1.165) is 0 Å². The first-order chi connectivity index (χ1) is 11.9. The van der Waals surface area contributed by atoms with Crippen molar-refractivity contribution in [2.24, 2.45) is 0 Å². The highest BCUT2D eigenvalue weighted by molar-refractivity contribution is 6.32. The van der Waals surface area contributed by atoms with Crippen molar-refractivity contribution in [3.05, 3.63) is 55.1 Å². The second-order valence-corrected chi connectivity index (χ2v) is 5.55. The molecule has 0 saturated carbocycles. The van der Waals surface area contributed by atoms with Crippen molar-refractivity contribution in [3.8, 4) is 11.3 Å². The van der Waals surface area contributed by atoms with Crippen molar-refractivity contribution in [1.29, 1.82) is 0 Å². The molecule has 8 nitrogen and oxygen atoms in total. The summed E-state index contributed by atoms with van der Waals surface area (Å²) >= 11 is 5.82. The van der Waals surface area contributed by atoms with E-state index in [1.54, 1.807) is 6.92 Å². The molecule has 0 bridgehead atoms. The first kappa shape index (κ1) is 18.6. The van der Waals surface area contributed by atoms with E-state index in [-0.39, 0.29) is 34.1 Å². The van der Waals surface area contributed by atoms with Gasteiger partial charge in [-0.25, -0.2) is 9.59 Å². The number of halogens is 1. The lowest BCUT2D eigenvalue weighted by atomic mass is 10.0. The van der Waals surface area contributed by atoms with E-state index >= 15 is 0 Å². The fraction of sp³-hybridized carbons (Fsp3) is 0.312. The number of benzene rings is 1. The van der Waals surface area contributed by atoms with Gasteiger partial charge in [0.15, 0.2) is 0 Å². The van der Waals surface area contributed by atoms with Crippen LogP contribution in [0.1, 0.15) is 36.3 Å². The summed E-state index contributed by atoms with van der Waals surface area (Å²) in [4.78, 5) is 41.1. The number of aromatic nitrogens is 2. The third kappa shape index (κ3) is 4.03. The van der Waals surface area contributed by atoms with E-state index in [2.05, 4.69) is 9.97 Å². The topological polar surface area (TPSA) is 115 Å². The molecule has 1 heterocycles. The molecule has 0 atom stereocenters. The van der Waals surface area contributed by atoms with Gasteiger partial charge in [-0.2, -0.15) is 4.98 Å². The summed E-state index contributed by atoms with van der Waals surface area (Å²) in [5, 5.41) is 11.1. The summed E-state index contributed by atoms with van der Waals surface area (Å²) in [7, 11) is 0. The second kappa shape index (κ2) is 7.89. The maximum atomic E-state index is 12.4. The molecule has 1 aromatic carbocycles. The van der Waals surface area contributed by atoms with Crippen molar-refractivity contribution in [2.45, 2.75) is 26.7 Å². The Bertz CT molecular complexity index is 879. The minimum atomic E-state index is -0.651. The fourth-order valence-electron chi connectivity index (χ4n) is 2.39. The van der Waals surface area contributed by atoms with Gasteiger partial charge in [0.25, 0.3) is 5.69 Å². The fourth-order valence-corrected chi connectivity index (χ4v) is 2.58. The van der Waals surface area contributed by atoms with Gasteiger partial charge in [-0.3, -0.25) is 10.1 Å². The zero-order valence-corrected chi connectivity index (χ0v) is 14.4. The molecule has 0 aliphatic rings. The lowest BCUT2D eigenvalue weighted by Gasteiger charge is -2.12. The second-order valence-electron chi connectivity index (χ2n) is 5.14. The Hall–Kier alpha value is -2.74. The minimum Gasteiger partial charge on any atom is -0.462 e. The molecule has 2 rings (SSSR count). The van der Waals surface area contributed by atoms with Gasteiger partial charge in [0.05, 0.1) is 17.2 Å². The lowest BCUT2D eigenvalue weighted by molar-refractivity contribution is -0.384. The van der Waals surface area contributed by atoms with Gasteiger partial charge in [0.2, 0.25) is 0 Å². The number of rotatable bonds is 6. The maximum absolute atomic E-state index is 12.4. The zero-order valence-electron chi connectivity index (χ0n) is 13.7. The number of aryl methyl sites for hydroxylation is 1. The molecule has 25 heavy (non-hydrogen) atoms. The quantitative estimate of drug-likeness (QED) is 0.477. The Balaban J connectivity index is 2.75. The van der Waals surface area contributed by atoms with Crippen molar-refractivity contribution < 1.29 is 14.5 Å². The van der Waals surface area contributed by atoms with Crippen LogP contribution in [0.3, 0.4) is 0 Å². The number of H-pyrrole nitrogens is 1. The van der Waals surface area contributed by atoms with Crippen LogP contribution in [0.25, 0.3) is 11.3 Å². The smallest absolute Gasteiger partial charge is 0.345 e. The molecule has 0 radical (unpaired) electrons. The lowest BCUT2D eigenvalue weighted by Crippen LogP contribution is -2.21. The molecule has 0 fully saturated rings. The highest BCUT2D eigenvalue weighted by Gasteiger charge is 2.23. The van der Waals surface area contributed by atoms with Gasteiger partial charge in [-0.15, -0.1) is 0 Å². The average Bonchev–Trinajstić information content (AvgIpc) is 2.55. The van der Waals surface area contributed by atoms with Gasteiger partial charge in [-0.05, 0) is 19.4 Å². The van der Waals surface area contributed by atoms with E-state index in [9.17, 15) is 19.7 Å². The number of nitro benzene ring substituents is 1. The summed E-state index contributed by atoms with van der Waals surface area (Å²) in [6.07, 6.45) is 1.10. The number of hydrogen-bond acceptors (Lipinski definition) is 6. The maximum Gasteiger partial charge on any atom is 0.345 e. The normalized spacial score (nSPS) is 10.5.